The van der Waals surface area contributed by atoms with Crippen LogP contribution in [0.4, 0.5) is 5.69 Å². The zero-order valence-corrected chi connectivity index (χ0v) is 22.4. The van der Waals surface area contributed by atoms with E-state index in [0.717, 1.165) is 17.1 Å². The van der Waals surface area contributed by atoms with Gasteiger partial charge >= 0.3 is 0 Å². The molecule has 1 amide bonds. The van der Waals surface area contributed by atoms with Gasteiger partial charge in [-0.1, -0.05) is 80.6 Å². The van der Waals surface area contributed by atoms with Crippen molar-refractivity contribution < 1.29 is 17.9 Å². The van der Waals surface area contributed by atoms with E-state index >= 15 is 0 Å². The first-order chi connectivity index (χ1) is 17.9. The third kappa shape index (κ3) is 8.61. The van der Waals surface area contributed by atoms with Crippen molar-refractivity contribution in [2.24, 2.45) is 5.10 Å². The second kappa shape index (κ2) is 14.4. The zero-order valence-electron chi connectivity index (χ0n) is 20.8. The van der Waals surface area contributed by atoms with Gasteiger partial charge < -0.3 is 4.74 Å². The molecule has 0 fully saturated rings. The molecule has 1 N–H and O–H groups in total. The van der Waals surface area contributed by atoms with Gasteiger partial charge in [0.25, 0.3) is 15.9 Å². The van der Waals surface area contributed by atoms with E-state index in [4.69, 9.17) is 16.3 Å². The number of nitrogens with zero attached hydrogens (tertiary/aromatic N) is 2. The second-order valence-corrected chi connectivity index (χ2v) is 10.7. The van der Waals surface area contributed by atoms with Gasteiger partial charge in [0, 0.05) is 10.6 Å². The lowest BCUT2D eigenvalue weighted by Gasteiger charge is -2.23. The van der Waals surface area contributed by atoms with Crippen LogP contribution in [0.1, 0.15) is 44.6 Å². The summed E-state index contributed by atoms with van der Waals surface area (Å²) in [5.41, 5.74) is 3.40. The molecule has 37 heavy (non-hydrogen) atoms. The minimum absolute atomic E-state index is 0.0621. The normalized spacial score (nSPS) is 11.4. The minimum Gasteiger partial charge on any atom is -0.493 e. The van der Waals surface area contributed by atoms with Gasteiger partial charge in [-0.2, -0.15) is 5.10 Å². The van der Waals surface area contributed by atoms with Crippen molar-refractivity contribution >= 4 is 39.4 Å². The van der Waals surface area contributed by atoms with Crippen molar-refractivity contribution in [3.05, 3.63) is 89.4 Å². The van der Waals surface area contributed by atoms with Crippen molar-refractivity contribution in [3.8, 4) is 5.75 Å². The monoisotopic (exact) mass is 541 g/mol. The average molecular weight is 542 g/mol. The van der Waals surface area contributed by atoms with E-state index in [1.54, 1.807) is 36.4 Å². The van der Waals surface area contributed by atoms with Gasteiger partial charge in [-0.3, -0.25) is 9.10 Å². The molecule has 0 saturated heterocycles. The van der Waals surface area contributed by atoms with Crippen LogP contribution in [0, 0.1) is 0 Å². The number of halogens is 1. The van der Waals surface area contributed by atoms with E-state index in [0.29, 0.717) is 22.9 Å². The summed E-state index contributed by atoms with van der Waals surface area (Å²) in [5.74, 6) is 0.0632. The molecule has 0 bridgehead atoms. The standard InChI is InChI=1S/C28H32ClN3O4S/c1-2-3-4-5-11-19-36-27-18-10-9-13-23(27)21-30-31-28(33)22-32(25-15-12-14-24(29)20-25)37(34,35)26-16-7-6-8-17-26/h6-10,12-18,20-21H,2-5,11,19,22H2,1H3,(H,31,33)/b30-21+. The maximum absolute atomic E-state index is 13.4. The molecule has 0 aromatic heterocycles. The second-order valence-electron chi connectivity index (χ2n) is 8.40. The molecule has 0 aliphatic rings. The van der Waals surface area contributed by atoms with Crippen molar-refractivity contribution in [1.29, 1.82) is 0 Å². The fourth-order valence-corrected chi connectivity index (χ4v) is 5.23. The Bertz CT molecular complexity index is 1280. The topological polar surface area (TPSA) is 88.1 Å². The first kappa shape index (κ1) is 28.2. The van der Waals surface area contributed by atoms with Crippen LogP contribution in [0.3, 0.4) is 0 Å². The highest BCUT2D eigenvalue weighted by Crippen LogP contribution is 2.26. The summed E-state index contributed by atoms with van der Waals surface area (Å²) in [6.07, 6.45) is 7.19. The average Bonchev–Trinajstić information content (AvgIpc) is 2.90. The van der Waals surface area contributed by atoms with Gasteiger partial charge in [0.15, 0.2) is 0 Å². The number of hydrogen-bond acceptors (Lipinski definition) is 5. The van der Waals surface area contributed by atoms with Gasteiger partial charge in [0.1, 0.15) is 12.3 Å². The van der Waals surface area contributed by atoms with E-state index < -0.39 is 22.5 Å². The number of sulfonamides is 1. The molecule has 3 aromatic carbocycles. The molecular formula is C28H32ClN3O4S. The molecule has 0 heterocycles. The molecule has 9 heteroatoms. The number of para-hydroxylation sites is 1. The fourth-order valence-electron chi connectivity index (χ4n) is 3.61. The predicted octanol–water partition coefficient (Wildman–Crippen LogP) is 6.03. The van der Waals surface area contributed by atoms with Crippen LogP contribution in [0.5, 0.6) is 5.75 Å². The number of ether oxygens (including phenoxy) is 1. The number of nitrogens with one attached hydrogen (secondary N) is 1. The van der Waals surface area contributed by atoms with Gasteiger partial charge in [0.05, 0.1) is 23.4 Å². The zero-order chi connectivity index (χ0) is 26.5. The number of unbranched alkanes of at least 4 members (excludes halogenated alkanes) is 4. The fraction of sp³-hybridized carbons (Fsp3) is 0.286. The molecule has 3 aromatic rings. The van der Waals surface area contributed by atoms with Gasteiger partial charge in [-0.05, 0) is 48.9 Å². The van der Waals surface area contributed by atoms with E-state index in [1.807, 2.05) is 24.3 Å². The van der Waals surface area contributed by atoms with Crippen LogP contribution in [0.15, 0.2) is 88.9 Å². The number of carbonyl (C=O) groups excluding carboxylic acids is 1. The smallest absolute Gasteiger partial charge is 0.264 e. The highest BCUT2D eigenvalue weighted by Gasteiger charge is 2.27. The van der Waals surface area contributed by atoms with Gasteiger partial charge in [-0.25, -0.2) is 13.8 Å². The number of benzene rings is 3. The molecule has 0 atom stereocenters. The highest BCUT2D eigenvalue weighted by molar-refractivity contribution is 7.92. The van der Waals surface area contributed by atoms with Gasteiger partial charge in [-0.15, -0.1) is 0 Å². The van der Waals surface area contributed by atoms with Crippen LogP contribution in [-0.4, -0.2) is 33.7 Å². The summed E-state index contributed by atoms with van der Waals surface area (Å²) in [7, 11) is -4.03. The number of amides is 1. The molecule has 0 radical (unpaired) electrons. The predicted molar refractivity (Wildman–Crippen MR) is 149 cm³/mol. The van der Waals surface area contributed by atoms with Crippen molar-refractivity contribution in [1.82, 2.24) is 5.43 Å². The van der Waals surface area contributed by atoms with E-state index in [1.165, 1.54) is 43.7 Å². The number of hydrazone groups is 1. The lowest BCUT2D eigenvalue weighted by molar-refractivity contribution is -0.119. The Balaban J connectivity index is 1.68. The summed E-state index contributed by atoms with van der Waals surface area (Å²) in [4.78, 5) is 12.8. The Labute approximate surface area is 224 Å². The molecule has 0 saturated carbocycles. The lowest BCUT2D eigenvalue weighted by Crippen LogP contribution is -2.39. The Morgan fingerprint density at radius 1 is 0.973 bits per heavy atom. The Kier molecular flexibility index (Phi) is 11.0. The molecule has 0 spiro atoms. The van der Waals surface area contributed by atoms with E-state index in [2.05, 4.69) is 17.5 Å². The highest BCUT2D eigenvalue weighted by atomic mass is 35.5. The van der Waals surface area contributed by atoms with Crippen LogP contribution >= 0.6 is 11.6 Å². The van der Waals surface area contributed by atoms with Crippen molar-refractivity contribution in [3.63, 3.8) is 0 Å². The first-order valence-corrected chi connectivity index (χ1v) is 14.1. The van der Waals surface area contributed by atoms with Crippen molar-refractivity contribution in [2.45, 2.75) is 43.9 Å². The molecule has 7 nitrogen and oxygen atoms in total. The maximum atomic E-state index is 13.4. The maximum Gasteiger partial charge on any atom is 0.264 e. The number of rotatable bonds is 14. The molecular weight excluding hydrogens is 510 g/mol. The number of hydrogen-bond donors (Lipinski definition) is 1. The largest absolute Gasteiger partial charge is 0.493 e. The Hall–Kier alpha value is -3.36. The molecule has 0 unspecified atom stereocenters. The quantitative estimate of drug-likeness (QED) is 0.153. The van der Waals surface area contributed by atoms with Crippen LogP contribution < -0.4 is 14.5 Å². The first-order valence-electron chi connectivity index (χ1n) is 12.3. The number of carbonyl (C=O) groups is 1. The van der Waals surface area contributed by atoms with Crippen molar-refractivity contribution in [2.75, 3.05) is 17.5 Å². The van der Waals surface area contributed by atoms with Crippen LogP contribution in [0.25, 0.3) is 0 Å². The van der Waals surface area contributed by atoms with E-state index in [-0.39, 0.29) is 10.6 Å². The van der Waals surface area contributed by atoms with Crippen LogP contribution in [-0.2, 0) is 14.8 Å². The van der Waals surface area contributed by atoms with Crippen LogP contribution in [0.2, 0.25) is 5.02 Å². The summed E-state index contributed by atoms with van der Waals surface area (Å²) in [6, 6.07) is 21.7. The Morgan fingerprint density at radius 2 is 1.70 bits per heavy atom. The third-order valence-corrected chi connectivity index (χ3v) is 7.56. The van der Waals surface area contributed by atoms with Gasteiger partial charge in [0.2, 0.25) is 0 Å². The SMILES string of the molecule is CCCCCCCOc1ccccc1/C=N/NC(=O)CN(c1cccc(Cl)c1)S(=O)(=O)c1ccccc1. The summed E-state index contributed by atoms with van der Waals surface area (Å²) >= 11 is 6.10. The molecule has 0 aliphatic heterocycles. The molecule has 196 valence electrons. The van der Waals surface area contributed by atoms with E-state index in [9.17, 15) is 13.2 Å². The lowest BCUT2D eigenvalue weighted by atomic mass is 10.2. The summed E-state index contributed by atoms with van der Waals surface area (Å²) in [5, 5.41) is 4.39. The minimum atomic E-state index is -4.03. The third-order valence-electron chi connectivity index (χ3n) is 5.53. The molecule has 3 rings (SSSR count). The summed E-state index contributed by atoms with van der Waals surface area (Å²) < 4.78 is 33.6. The summed E-state index contributed by atoms with van der Waals surface area (Å²) in [6.45, 7) is 2.31. The Morgan fingerprint density at radius 3 is 2.46 bits per heavy atom. The molecule has 0 aliphatic carbocycles. The number of anilines is 1.